The molecule has 0 bridgehead atoms. The monoisotopic (exact) mass is 248 g/mol. The number of hydrogen-bond acceptors (Lipinski definition) is 3. The number of aromatic nitrogens is 1. The van der Waals surface area contributed by atoms with Gasteiger partial charge in [-0.15, -0.1) is 0 Å². The van der Waals surface area contributed by atoms with Crippen LogP contribution >= 0.6 is 0 Å². The number of nitrogens with zero attached hydrogens (tertiary/aromatic N) is 1. The van der Waals surface area contributed by atoms with Crippen LogP contribution in [-0.2, 0) is 0 Å². The van der Waals surface area contributed by atoms with Gasteiger partial charge < -0.3 is 10.1 Å². The highest BCUT2D eigenvalue weighted by atomic mass is 16.5. The molecule has 100 valence electrons. The normalized spacial score (nSPS) is 17.0. The Bertz CT molecular complexity index is 397. The van der Waals surface area contributed by atoms with Crippen LogP contribution in [0.4, 0.5) is 5.82 Å². The SMILES string of the molecule is CC(C)Oc1cccnc1NCC1(C(C)C)CC1. The summed E-state index contributed by atoms with van der Waals surface area (Å²) in [5.74, 6) is 2.45. The smallest absolute Gasteiger partial charge is 0.168 e. The molecule has 1 saturated carbocycles. The highest BCUT2D eigenvalue weighted by Gasteiger charge is 2.45. The van der Waals surface area contributed by atoms with Crippen LogP contribution in [0.5, 0.6) is 5.75 Å². The summed E-state index contributed by atoms with van der Waals surface area (Å²) in [4.78, 5) is 4.39. The maximum Gasteiger partial charge on any atom is 0.168 e. The predicted molar refractivity (Wildman–Crippen MR) is 75.0 cm³/mol. The third-order valence-corrected chi connectivity index (χ3v) is 3.86. The van der Waals surface area contributed by atoms with Crippen molar-refractivity contribution >= 4 is 5.82 Å². The van der Waals surface area contributed by atoms with Crippen LogP contribution in [0.1, 0.15) is 40.5 Å². The second-order valence-corrected chi connectivity index (χ2v) is 5.89. The van der Waals surface area contributed by atoms with Gasteiger partial charge in [-0.05, 0) is 50.2 Å². The minimum atomic E-state index is 0.176. The zero-order chi connectivity index (χ0) is 13.2. The summed E-state index contributed by atoms with van der Waals surface area (Å²) in [6.07, 6.45) is 4.63. The molecule has 2 rings (SSSR count). The Morgan fingerprint density at radius 2 is 2.06 bits per heavy atom. The molecule has 1 heterocycles. The average molecular weight is 248 g/mol. The quantitative estimate of drug-likeness (QED) is 0.833. The summed E-state index contributed by atoms with van der Waals surface area (Å²) in [5.41, 5.74) is 0.479. The highest BCUT2D eigenvalue weighted by Crippen LogP contribution is 2.51. The molecule has 1 aromatic rings. The van der Waals surface area contributed by atoms with Gasteiger partial charge in [-0.3, -0.25) is 0 Å². The molecule has 0 aromatic carbocycles. The molecule has 0 amide bonds. The number of hydrogen-bond donors (Lipinski definition) is 1. The summed E-state index contributed by atoms with van der Waals surface area (Å²) < 4.78 is 5.77. The molecule has 1 aliphatic rings. The maximum absolute atomic E-state index is 5.77. The van der Waals surface area contributed by atoms with E-state index in [1.807, 2.05) is 32.2 Å². The number of rotatable bonds is 6. The zero-order valence-electron chi connectivity index (χ0n) is 11.9. The lowest BCUT2D eigenvalue weighted by Crippen LogP contribution is -2.22. The van der Waals surface area contributed by atoms with Crippen molar-refractivity contribution in [2.24, 2.45) is 11.3 Å². The van der Waals surface area contributed by atoms with E-state index >= 15 is 0 Å². The third kappa shape index (κ3) is 2.95. The lowest BCUT2D eigenvalue weighted by molar-refractivity contribution is 0.242. The van der Waals surface area contributed by atoms with Gasteiger partial charge >= 0.3 is 0 Å². The van der Waals surface area contributed by atoms with Gasteiger partial charge in [-0.25, -0.2) is 4.98 Å². The van der Waals surface area contributed by atoms with E-state index in [4.69, 9.17) is 4.74 Å². The summed E-state index contributed by atoms with van der Waals surface area (Å²) in [6, 6.07) is 3.89. The lowest BCUT2D eigenvalue weighted by atomic mass is 9.92. The number of pyridine rings is 1. The van der Waals surface area contributed by atoms with Gasteiger partial charge in [0.2, 0.25) is 0 Å². The Kier molecular flexibility index (Phi) is 3.79. The van der Waals surface area contributed by atoms with Crippen LogP contribution in [0, 0.1) is 11.3 Å². The van der Waals surface area contributed by atoms with Crippen LogP contribution in [0.3, 0.4) is 0 Å². The summed E-state index contributed by atoms with van der Waals surface area (Å²) in [5, 5.41) is 3.47. The number of nitrogens with one attached hydrogen (secondary N) is 1. The van der Waals surface area contributed by atoms with Gasteiger partial charge in [0.25, 0.3) is 0 Å². The molecule has 0 aliphatic heterocycles. The van der Waals surface area contributed by atoms with Gasteiger partial charge in [-0.1, -0.05) is 13.8 Å². The molecule has 0 spiro atoms. The van der Waals surface area contributed by atoms with E-state index in [1.54, 1.807) is 0 Å². The number of ether oxygens (including phenoxy) is 1. The Morgan fingerprint density at radius 3 is 2.61 bits per heavy atom. The van der Waals surface area contributed by atoms with E-state index in [-0.39, 0.29) is 6.10 Å². The fourth-order valence-electron chi connectivity index (χ4n) is 2.25. The minimum Gasteiger partial charge on any atom is -0.487 e. The molecule has 1 aromatic heterocycles. The van der Waals surface area contributed by atoms with Gasteiger partial charge in [0.05, 0.1) is 6.10 Å². The molecule has 0 radical (unpaired) electrons. The Hall–Kier alpha value is -1.25. The van der Waals surface area contributed by atoms with Crippen molar-refractivity contribution < 1.29 is 4.74 Å². The van der Waals surface area contributed by atoms with Crippen LogP contribution in [0.15, 0.2) is 18.3 Å². The van der Waals surface area contributed by atoms with Crippen molar-refractivity contribution in [1.29, 1.82) is 0 Å². The second-order valence-electron chi connectivity index (χ2n) is 5.89. The Balaban J connectivity index is 2.01. The summed E-state index contributed by atoms with van der Waals surface area (Å²) in [6.45, 7) is 9.67. The summed E-state index contributed by atoms with van der Waals surface area (Å²) >= 11 is 0. The topological polar surface area (TPSA) is 34.1 Å². The Labute approximate surface area is 110 Å². The van der Waals surface area contributed by atoms with Crippen molar-refractivity contribution in [3.8, 4) is 5.75 Å². The highest BCUT2D eigenvalue weighted by molar-refractivity contribution is 5.49. The first kappa shape index (κ1) is 13.2. The second kappa shape index (κ2) is 5.17. The van der Waals surface area contributed by atoms with Crippen LogP contribution in [0.25, 0.3) is 0 Å². The molecular formula is C15H24N2O. The van der Waals surface area contributed by atoms with Crippen molar-refractivity contribution in [2.45, 2.75) is 46.6 Å². The van der Waals surface area contributed by atoms with Crippen LogP contribution < -0.4 is 10.1 Å². The minimum absolute atomic E-state index is 0.176. The first-order valence-electron chi connectivity index (χ1n) is 6.89. The van der Waals surface area contributed by atoms with Gasteiger partial charge in [0, 0.05) is 12.7 Å². The molecule has 1 fully saturated rings. The molecule has 1 aliphatic carbocycles. The maximum atomic E-state index is 5.77. The van der Waals surface area contributed by atoms with Gasteiger partial charge in [0.15, 0.2) is 11.6 Å². The first-order valence-corrected chi connectivity index (χ1v) is 6.89. The predicted octanol–water partition coefficient (Wildman–Crippen LogP) is 3.72. The molecule has 3 heteroatoms. The fraction of sp³-hybridized carbons (Fsp3) is 0.667. The van der Waals surface area contributed by atoms with E-state index < -0.39 is 0 Å². The third-order valence-electron chi connectivity index (χ3n) is 3.86. The molecular weight excluding hydrogens is 224 g/mol. The van der Waals surface area contributed by atoms with E-state index in [9.17, 15) is 0 Å². The first-order chi connectivity index (χ1) is 8.53. The van der Waals surface area contributed by atoms with Crippen molar-refractivity contribution in [2.75, 3.05) is 11.9 Å². The van der Waals surface area contributed by atoms with Crippen molar-refractivity contribution in [1.82, 2.24) is 4.98 Å². The van der Waals surface area contributed by atoms with Crippen LogP contribution in [-0.4, -0.2) is 17.6 Å². The van der Waals surface area contributed by atoms with E-state index in [1.165, 1.54) is 12.8 Å². The largest absolute Gasteiger partial charge is 0.487 e. The van der Waals surface area contributed by atoms with Gasteiger partial charge in [-0.2, -0.15) is 0 Å². The molecule has 0 saturated heterocycles. The standard InChI is InChI=1S/C15H24N2O/c1-11(2)15(7-8-15)10-17-14-13(18-12(3)4)6-5-9-16-14/h5-6,9,11-12H,7-8,10H2,1-4H3,(H,16,17). The van der Waals surface area contributed by atoms with Crippen molar-refractivity contribution in [3.63, 3.8) is 0 Å². The molecule has 0 atom stereocenters. The Morgan fingerprint density at radius 1 is 1.33 bits per heavy atom. The lowest BCUT2D eigenvalue weighted by Gasteiger charge is -2.21. The molecule has 18 heavy (non-hydrogen) atoms. The molecule has 3 nitrogen and oxygen atoms in total. The van der Waals surface area contributed by atoms with E-state index in [2.05, 4.69) is 24.1 Å². The summed E-state index contributed by atoms with van der Waals surface area (Å²) in [7, 11) is 0. The molecule has 0 unspecified atom stereocenters. The number of anilines is 1. The fourth-order valence-corrected chi connectivity index (χ4v) is 2.25. The van der Waals surface area contributed by atoms with Gasteiger partial charge in [0.1, 0.15) is 0 Å². The van der Waals surface area contributed by atoms with Crippen LogP contribution in [0.2, 0.25) is 0 Å². The van der Waals surface area contributed by atoms with Crippen molar-refractivity contribution in [3.05, 3.63) is 18.3 Å². The van der Waals surface area contributed by atoms with E-state index in [0.29, 0.717) is 5.41 Å². The average Bonchev–Trinajstić information content (AvgIpc) is 3.08. The molecule has 1 N–H and O–H groups in total. The van der Waals surface area contributed by atoms with E-state index in [0.717, 1.165) is 24.0 Å². The zero-order valence-corrected chi connectivity index (χ0v) is 11.9.